The van der Waals surface area contributed by atoms with Crippen molar-refractivity contribution < 1.29 is 19.1 Å². The van der Waals surface area contributed by atoms with Gasteiger partial charge in [-0.15, -0.1) is 0 Å². The molecule has 0 unspecified atom stereocenters. The van der Waals surface area contributed by atoms with E-state index >= 15 is 0 Å². The minimum atomic E-state index is -0.658. The fourth-order valence-corrected chi connectivity index (χ4v) is 1.90. The molecular formula is C12H13NO4. The van der Waals surface area contributed by atoms with Crippen LogP contribution in [0.15, 0.2) is 24.3 Å². The molecule has 1 heterocycles. The van der Waals surface area contributed by atoms with E-state index in [2.05, 4.69) is 0 Å². The van der Waals surface area contributed by atoms with Gasteiger partial charge >= 0.3 is 0 Å². The highest BCUT2D eigenvalue weighted by molar-refractivity contribution is 6.10. The first-order chi connectivity index (χ1) is 8.22. The van der Waals surface area contributed by atoms with Crippen LogP contribution in [-0.2, 0) is 14.3 Å². The zero-order chi connectivity index (χ0) is 12.4. The highest BCUT2D eigenvalue weighted by Crippen LogP contribution is 2.29. The number of rotatable bonds is 4. The van der Waals surface area contributed by atoms with Crippen molar-refractivity contribution in [2.45, 2.75) is 12.1 Å². The molecule has 0 aromatic heterocycles. The van der Waals surface area contributed by atoms with Gasteiger partial charge in [0, 0.05) is 12.8 Å². The number of hydrogen-bond acceptors (Lipinski definition) is 4. The average Bonchev–Trinajstić information content (AvgIpc) is 2.37. The molecule has 5 nitrogen and oxygen atoms in total. The van der Waals surface area contributed by atoms with Gasteiger partial charge in [-0.25, -0.2) is 0 Å². The van der Waals surface area contributed by atoms with Crippen molar-refractivity contribution in [3.05, 3.63) is 24.3 Å². The molecule has 1 fully saturated rings. The minimum absolute atomic E-state index is 0.199. The monoisotopic (exact) mass is 235 g/mol. The number of benzene rings is 1. The summed E-state index contributed by atoms with van der Waals surface area (Å²) in [5.41, 5.74) is 0.668. The molecule has 17 heavy (non-hydrogen) atoms. The van der Waals surface area contributed by atoms with Crippen LogP contribution in [0, 0.1) is 0 Å². The van der Waals surface area contributed by atoms with Gasteiger partial charge in [0.1, 0.15) is 18.1 Å². The van der Waals surface area contributed by atoms with Crippen molar-refractivity contribution in [1.82, 2.24) is 0 Å². The summed E-state index contributed by atoms with van der Waals surface area (Å²) < 4.78 is 9.98. The molecule has 0 radical (unpaired) electrons. The Morgan fingerprint density at radius 3 is 2.35 bits per heavy atom. The first-order valence-corrected chi connectivity index (χ1v) is 5.18. The summed E-state index contributed by atoms with van der Waals surface area (Å²) in [4.78, 5) is 24.1. The summed E-state index contributed by atoms with van der Waals surface area (Å²) in [6, 6.07) is 6.41. The van der Waals surface area contributed by atoms with E-state index in [1.807, 2.05) is 0 Å². The third-order valence-electron chi connectivity index (χ3n) is 2.83. The first-order valence-electron chi connectivity index (χ1n) is 5.18. The van der Waals surface area contributed by atoms with Crippen LogP contribution in [0.4, 0.5) is 5.69 Å². The van der Waals surface area contributed by atoms with Gasteiger partial charge in [0.15, 0.2) is 6.10 Å². The fraction of sp³-hybridized carbons (Fsp3) is 0.333. The van der Waals surface area contributed by atoms with Gasteiger partial charge in [-0.1, -0.05) is 0 Å². The normalized spacial score (nSPS) is 23.2. The summed E-state index contributed by atoms with van der Waals surface area (Å²) in [7, 11) is 2.99. The van der Waals surface area contributed by atoms with Crippen molar-refractivity contribution in [3.63, 3.8) is 0 Å². The third-order valence-corrected chi connectivity index (χ3v) is 2.83. The summed E-state index contributed by atoms with van der Waals surface area (Å²) >= 11 is 0. The van der Waals surface area contributed by atoms with Crippen LogP contribution in [0.1, 0.15) is 0 Å². The molecule has 2 rings (SSSR count). The molecule has 2 atom stereocenters. The lowest BCUT2D eigenvalue weighted by atomic mass is 9.98. The first kappa shape index (κ1) is 11.6. The van der Waals surface area contributed by atoms with Gasteiger partial charge in [-0.2, -0.15) is 0 Å². The smallest absolute Gasteiger partial charge is 0.259 e. The SMILES string of the molecule is COc1ccc(N2C(=O)[C@H](OC)[C@@H]2C=O)cc1. The van der Waals surface area contributed by atoms with Crippen LogP contribution in [0.5, 0.6) is 5.75 Å². The Morgan fingerprint density at radius 1 is 1.24 bits per heavy atom. The Bertz CT molecular complexity index is 429. The minimum Gasteiger partial charge on any atom is -0.497 e. The second kappa shape index (κ2) is 4.55. The highest BCUT2D eigenvalue weighted by atomic mass is 16.5. The van der Waals surface area contributed by atoms with Crippen LogP contribution in [0.3, 0.4) is 0 Å². The maximum absolute atomic E-state index is 11.7. The summed E-state index contributed by atoms with van der Waals surface area (Å²) in [6.45, 7) is 0. The second-order valence-electron chi connectivity index (χ2n) is 3.69. The van der Waals surface area contributed by atoms with E-state index in [0.29, 0.717) is 11.4 Å². The second-order valence-corrected chi connectivity index (χ2v) is 3.69. The summed E-state index contributed by atoms with van der Waals surface area (Å²) in [5, 5.41) is 0. The number of carbonyl (C=O) groups excluding carboxylic acids is 2. The van der Waals surface area contributed by atoms with E-state index in [4.69, 9.17) is 9.47 Å². The summed E-state index contributed by atoms with van der Waals surface area (Å²) in [5.74, 6) is 0.502. The number of carbonyl (C=O) groups is 2. The number of β-lactam (4-membered cyclic amide) rings is 1. The van der Waals surface area contributed by atoms with E-state index in [1.54, 1.807) is 31.4 Å². The van der Waals surface area contributed by atoms with E-state index < -0.39 is 12.1 Å². The van der Waals surface area contributed by atoms with E-state index in [9.17, 15) is 9.59 Å². The number of amides is 1. The molecule has 1 aromatic rings. The lowest BCUT2D eigenvalue weighted by Crippen LogP contribution is -2.66. The molecule has 1 amide bonds. The van der Waals surface area contributed by atoms with Crippen molar-refractivity contribution in [3.8, 4) is 5.75 Å². The molecule has 0 N–H and O–H groups in total. The molecule has 0 spiro atoms. The molecule has 5 heteroatoms. The maximum atomic E-state index is 11.7. The molecule has 1 saturated heterocycles. The van der Waals surface area contributed by atoms with Crippen LogP contribution >= 0.6 is 0 Å². The zero-order valence-corrected chi connectivity index (χ0v) is 9.62. The van der Waals surface area contributed by atoms with Crippen molar-refractivity contribution >= 4 is 17.9 Å². The van der Waals surface area contributed by atoms with E-state index in [0.717, 1.165) is 6.29 Å². The topological polar surface area (TPSA) is 55.8 Å². The van der Waals surface area contributed by atoms with Gasteiger partial charge in [-0.3, -0.25) is 9.69 Å². The quantitative estimate of drug-likeness (QED) is 0.567. The number of anilines is 1. The van der Waals surface area contributed by atoms with E-state index in [-0.39, 0.29) is 5.91 Å². The van der Waals surface area contributed by atoms with Crippen molar-refractivity contribution in [1.29, 1.82) is 0 Å². The lowest BCUT2D eigenvalue weighted by molar-refractivity contribution is -0.142. The largest absolute Gasteiger partial charge is 0.497 e. The molecule has 1 aromatic carbocycles. The molecule has 1 aliphatic rings. The Kier molecular flexibility index (Phi) is 3.10. The van der Waals surface area contributed by atoms with Crippen molar-refractivity contribution in [2.75, 3.05) is 19.1 Å². The third kappa shape index (κ3) is 1.78. The number of nitrogens with zero attached hydrogens (tertiary/aromatic N) is 1. The maximum Gasteiger partial charge on any atom is 0.259 e. The van der Waals surface area contributed by atoms with Crippen LogP contribution < -0.4 is 9.64 Å². The number of hydrogen-bond donors (Lipinski definition) is 0. The van der Waals surface area contributed by atoms with Crippen LogP contribution in [0.25, 0.3) is 0 Å². The molecule has 0 aliphatic carbocycles. The van der Waals surface area contributed by atoms with Gasteiger partial charge in [0.2, 0.25) is 0 Å². The van der Waals surface area contributed by atoms with Crippen molar-refractivity contribution in [2.24, 2.45) is 0 Å². The number of ether oxygens (including phenoxy) is 2. The van der Waals surface area contributed by atoms with Gasteiger partial charge in [-0.05, 0) is 24.3 Å². The van der Waals surface area contributed by atoms with Gasteiger partial charge in [0.05, 0.1) is 7.11 Å². The summed E-state index contributed by atoms with van der Waals surface area (Å²) in [6.07, 6.45) is 0.0642. The van der Waals surface area contributed by atoms with Gasteiger partial charge in [0.25, 0.3) is 5.91 Å². The molecule has 90 valence electrons. The van der Waals surface area contributed by atoms with Crippen LogP contribution in [-0.4, -0.2) is 38.6 Å². The predicted octanol–water partition coefficient (Wildman–Crippen LogP) is 0.624. The fourth-order valence-electron chi connectivity index (χ4n) is 1.90. The average molecular weight is 235 g/mol. The molecular weight excluding hydrogens is 222 g/mol. The lowest BCUT2D eigenvalue weighted by Gasteiger charge is -2.42. The molecule has 1 aliphatic heterocycles. The van der Waals surface area contributed by atoms with E-state index in [1.165, 1.54) is 12.0 Å². The number of methoxy groups -OCH3 is 2. The Hall–Kier alpha value is -1.88. The Morgan fingerprint density at radius 2 is 1.88 bits per heavy atom. The molecule has 0 saturated carbocycles. The standard InChI is InChI=1S/C12H13NO4/c1-16-9-5-3-8(4-6-9)13-10(7-14)11(17-2)12(13)15/h3-7,10-11H,1-2H3/t10-,11+/m0/s1. The van der Waals surface area contributed by atoms with Crippen LogP contribution in [0.2, 0.25) is 0 Å². The zero-order valence-electron chi connectivity index (χ0n) is 9.62. The Balaban J connectivity index is 2.22. The predicted molar refractivity (Wildman–Crippen MR) is 61.1 cm³/mol. The Labute approximate surface area is 98.9 Å². The number of aldehydes is 1. The highest BCUT2D eigenvalue weighted by Gasteiger charge is 2.48. The molecule has 0 bridgehead atoms. The van der Waals surface area contributed by atoms with Gasteiger partial charge < -0.3 is 14.3 Å².